The van der Waals surface area contributed by atoms with E-state index in [0.717, 1.165) is 23.2 Å². The fourth-order valence-corrected chi connectivity index (χ4v) is 5.08. The number of alkyl halides is 6. The summed E-state index contributed by atoms with van der Waals surface area (Å²) in [5.74, 6) is 0. The van der Waals surface area contributed by atoms with E-state index in [2.05, 4.69) is 0 Å². The summed E-state index contributed by atoms with van der Waals surface area (Å²) >= 11 is 0. The number of hydrogen-bond donors (Lipinski definition) is 0. The molecule has 0 radical (unpaired) electrons. The van der Waals surface area contributed by atoms with Crippen molar-refractivity contribution in [3.63, 3.8) is 0 Å². The molecule has 0 fully saturated rings. The van der Waals surface area contributed by atoms with Crippen LogP contribution in [0.3, 0.4) is 0 Å². The molecule has 0 unspecified atom stereocenters. The number of rotatable bonds is 4. The maximum atomic E-state index is 13.5. The zero-order valence-electron chi connectivity index (χ0n) is 21.3. The lowest BCUT2D eigenvalue weighted by molar-refractivity contribution is -0.143. The Balaban J connectivity index is 1.81. The van der Waals surface area contributed by atoms with E-state index in [1.807, 2.05) is 0 Å². The first-order valence-electron chi connectivity index (χ1n) is 12.1. The quantitative estimate of drug-likeness (QED) is 0.398. The summed E-state index contributed by atoms with van der Waals surface area (Å²) in [6.07, 6.45) is -7.98. The van der Waals surface area contributed by atoms with Gasteiger partial charge in [0.25, 0.3) is 0 Å². The number of nitrogens with zero attached hydrogens (tertiary/aromatic N) is 2. The van der Waals surface area contributed by atoms with Gasteiger partial charge in [-0.1, -0.05) is 0 Å². The van der Waals surface area contributed by atoms with Crippen LogP contribution >= 0.6 is 0 Å². The number of hydrogen-bond acceptors (Lipinski definition) is 5. The highest BCUT2D eigenvalue weighted by Gasteiger charge is 2.43. The van der Waals surface area contributed by atoms with Gasteiger partial charge < -0.3 is 14.2 Å². The number of amides is 2. The molecule has 0 saturated heterocycles. The number of ether oxygens (including phenoxy) is 3. The highest BCUT2D eigenvalue weighted by Crippen LogP contribution is 2.43. The van der Waals surface area contributed by atoms with E-state index in [0.29, 0.717) is 23.4 Å². The SMILES string of the molecule is CCOC(=O)N1C2=C(CC3=COCC3=C2)[C@@H](N(Cc2cc(C(F)(F)F)cc(C(F)(F)F)c2)C(=O)OC)C[C@H]1C. The van der Waals surface area contributed by atoms with Crippen molar-refractivity contribution in [1.29, 1.82) is 0 Å². The first kappa shape index (κ1) is 28.4. The fraction of sp³-hybridized carbons (Fsp3) is 0.462. The van der Waals surface area contributed by atoms with Crippen molar-refractivity contribution in [2.45, 2.75) is 57.7 Å². The second-order valence-corrected chi connectivity index (χ2v) is 9.39. The molecule has 13 heteroatoms. The van der Waals surface area contributed by atoms with Gasteiger partial charge in [-0.25, -0.2) is 9.59 Å². The Kier molecular flexibility index (Phi) is 7.63. The van der Waals surface area contributed by atoms with E-state index in [-0.39, 0.29) is 37.7 Å². The highest BCUT2D eigenvalue weighted by molar-refractivity contribution is 5.74. The Bertz CT molecular complexity index is 1220. The Morgan fingerprint density at radius 1 is 1.08 bits per heavy atom. The van der Waals surface area contributed by atoms with Crippen LogP contribution < -0.4 is 0 Å². The summed E-state index contributed by atoms with van der Waals surface area (Å²) in [4.78, 5) is 28.4. The van der Waals surface area contributed by atoms with Gasteiger partial charge in [0.15, 0.2) is 0 Å². The number of carbonyl (C=O) groups excluding carboxylic acids is 2. The van der Waals surface area contributed by atoms with E-state index in [9.17, 15) is 35.9 Å². The van der Waals surface area contributed by atoms with Crippen molar-refractivity contribution < 1.29 is 50.1 Å². The van der Waals surface area contributed by atoms with Crippen molar-refractivity contribution in [3.8, 4) is 0 Å². The minimum absolute atomic E-state index is 0.0343. The molecule has 1 aromatic carbocycles. The highest BCUT2D eigenvalue weighted by atomic mass is 19.4. The van der Waals surface area contributed by atoms with Crippen LogP contribution in [-0.4, -0.2) is 54.4 Å². The molecule has 0 bridgehead atoms. The van der Waals surface area contributed by atoms with Crippen LogP contribution in [0.1, 0.15) is 43.4 Å². The molecule has 0 spiro atoms. The third-order valence-corrected chi connectivity index (χ3v) is 6.81. The molecular formula is C26H26F6N2O5. The van der Waals surface area contributed by atoms with Gasteiger partial charge in [-0.05, 0) is 66.8 Å². The van der Waals surface area contributed by atoms with Gasteiger partial charge in [0.05, 0.1) is 37.1 Å². The molecule has 39 heavy (non-hydrogen) atoms. The third-order valence-electron chi connectivity index (χ3n) is 6.81. The van der Waals surface area contributed by atoms with Gasteiger partial charge in [-0.2, -0.15) is 26.3 Å². The molecule has 0 N–H and O–H groups in total. The largest absolute Gasteiger partial charge is 0.496 e. The van der Waals surface area contributed by atoms with Crippen LogP contribution in [0.15, 0.2) is 53.0 Å². The average molecular weight is 560 g/mol. The van der Waals surface area contributed by atoms with E-state index in [4.69, 9.17) is 14.2 Å². The monoisotopic (exact) mass is 560 g/mol. The van der Waals surface area contributed by atoms with Crippen molar-refractivity contribution >= 4 is 12.2 Å². The maximum absolute atomic E-state index is 13.5. The van der Waals surface area contributed by atoms with Gasteiger partial charge in [0.2, 0.25) is 0 Å². The standard InChI is InChI=1S/C26H26F6N2O5/c1-4-39-24(36)34-14(2)5-21(20-8-16-12-38-13-17(16)9-22(20)34)33(23(35)37-3)11-15-6-18(25(27,28)29)10-19(7-15)26(30,31)32/h6-7,9-10,12,14,21H,4-5,8,11,13H2,1-3H3/t14-,21+/m1/s1. The van der Waals surface area contributed by atoms with E-state index in [1.54, 1.807) is 26.2 Å². The summed E-state index contributed by atoms with van der Waals surface area (Å²) in [5, 5.41) is 0. The topological polar surface area (TPSA) is 68.3 Å². The molecule has 1 aliphatic carbocycles. The Labute approximate surface area is 220 Å². The first-order chi connectivity index (χ1) is 18.2. The molecule has 0 aromatic heterocycles. The Morgan fingerprint density at radius 2 is 1.72 bits per heavy atom. The second-order valence-electron chi connectivity index (χ2n) is 9.39. The minimum Gasteiger partial charge on any atom is -0.496 e. The molecule has 7 nitrogen and oxygen atoms in total. The normalized spacial score (nSPS) is 20.9. The van der Waals surface area contributed by atoms with Crippen LogP contribution in [0.5, 0.6) is 0 Å². The van der Waals surface area contributed by atoms with E-state index >= 15 is 0 Å². The predicted molar refractivity (Wildman–Crippen MR) is 125 cm³/mol. The Hall–Kier alpha value is -3.64. The van der Waals surface area contributed by atoms with Crippen LogP contribution in [-0.2, 0) is 33.1 Å². The van der Waals surface area contributed by atoms with Gasteiger partial charge in [-0.15, -0.1) is 0 Å². The lowest BCUT2D eigenvalue weighted by atomic mass is 9.81. The molecule has 2 amide bonds. The molecular weight excluding hydrogens is 534 g/mol. The van der Waals surface area contributed by atoms with Gasteiger partial charge in [0.1, 0.15) is 6.61 Å². The molecule has 1 aromatic rings. The third kappa shape index (κ3) is 5.71. The summed E-state index contributed by atoms with van der Waals surface area (Å²) < 4.78 is 96.4. The van der Waals surface area contributed by atoms with Crippen LogP contribution in [0, 0.1) is 0 Å². The van der Waals surface area contributed by atoms with Crippen molar-refractivity contribution in [3.05, 3.63) is 69.6 Å². The number of allylic oxidation sites excluding steroid dienone is 1. The number of benzene rings is 1. The lowest BCUT2D eigenvalue weighted by Gasteiger charge is -2.44. The van der Waals surface area contributed by atoms with Crippen LogP contribution in [0.25, 0.3) is 0 Å². The smallest absolute Gasteiger partial charge is 0.416 e. The van der Waals surface area contributed by atoms with Crippen molar-refractivity contribution in [1.82, 2.24) is 9.80 Å². The summed E-state index contributed by atoms with van der Waals surface area (Å²) in [5.41, 5.74) is -0.727. The zero-order chi connectivity index (χ0) is 28.7. The predicted octanol–water partition coefficient (Wildman–Crippen LogP) is 6.41. The second kappa shape index (κ2) is 10.5. The fourth-order valence-electron chi connectivity index (χ4n) is 5.08. The maximum Gasteiger partial charge on any atom is 0.416 e. The van der Waals surface area contributed by atoms with Gasteiger partial charge >= 0.3 is 24.5 Å². The summed E-state index contributed by atoms with van der Waals surface area (Å²) in [6.45, 7) is 3.15. The number of fused-ring (bicyclic) bond motifs is 1. The lowest BCUT2D eigenvalue weighted by Crippen LogP contribution is -2.52. The Morgan fingerprint density at radius 3 is 2.28 bits per heavy atom. The summed E-state index contributed by atoms with van der Waals surface area (Å²) in [7, 11) is 1.07. The van der Waals surface area contributed by atoms with E-state index in [1.165, 1.54) is 4.90 Å². The number of methoxy groups -OCH3 is 1. The number of carbonyl (C=O) groups is 2. The number of halogens is 6. The van der Waals surface area contributed by atoms with Gasteiger partial charge in [0, 0.05) is 24.7 Å². The van der Waals surface area contributed by atoms with E-state index < -0.39 is 54.3 Å². The summed E-state index contributed by atoms with van der Waals surface area (Å²) in [6, 6.07) is -0.131. The minimum atomic E-state index is -5.04. The molecule has 3 aliphatic rings. The van der Waals surface area contributed by atoms with Gasteiger partial charge in [-0.3, -0.25) is 9.80 Å². The molecule has 2 aliphatic heterocycles. The van der Waals surface area contributed by atoms with Crippen LogP contribution in [0.4, 0.5) is 35.9 Å². The van der Waals surface area contributed by atoms with Crippen LogP contribution in [0.2, 0.25) is 0 Å². The zero-order valence-corrected chi connectivity index (χ0v) is 21.3. The molecule has 212 valence electrons. The molecule has 4 rings (SSSR count). The molecule has 2 heterocycles. The van der Waals surface area contributed by atoms with Crippen molar-refractivity contribution in [2.24, 2.45) is 0 Å². The molecule has 2 atom stereocenters. The van der Waals surface area contributed by atoms with Crippen molar-refractivity contribution in [2.75, 3.05) is 20.3 Å². The average Bonchev–Trinajstić information content (AvgIpc) is 3.31. The first-order valence-corrected chi connectivity index (χ1v) is 12.1. The molecule has 0 saturated carbocycles.